The summed E-state index contributed by atoms with van der Waals surface area (Å²) in [6.45, 7) is 3.98. The van der Waals surface area contributed by atoms with E-state index in [1.807, 2.05) is 24.0 Å². The van der Waals surface area contributed by atoms with E-state index in [4.69, 9.17) is 0 Å². The van der Waals surface area contributed by atoms with Crippen LogP contribution in [-0.4, -0.2) is 36.2 Å². The lowest BCUT2D eigenvalue weighted by Crippen LogP contribution is -2.23. The molecule has 1 atom stereocenters. The lowest BCUT2D eigenvalue weighted by molar-refractivity contribution is 0.240. The molecule has 23 heavy (non-hydrogen) atoms. The molecule has 0 aliphatic carbocycles. The maximum absolute atomic E-state index is 4.51. The van der Waals surface area contributed by atoms with Crippen LogP contribution in [0.5, 0.6) is 0 Å². The standard InChI is InChI=1S/C17H20N6/c1-13-19-17(21-20-13)16-3-2-9-22(16)11-14-4-6-15(7-5-14)23-10-8-18-12-23/h4-8,10,12,16H,2-3,9,11H2,1H3,(H,19,20,21). The molecule has 3 aromatic rings. The second-order valence-electron chi connectivity index (χ2n) is 6.04. The summed E-state index contributed by atoms with van der Waals surface area (Å²) in [7, 11) is 0. The van der Waals surface area contributed by atoms with Gasteiger partial charge in [-0.15, -0.1) is 0 Å². The fourth-order valence-corrected chi connectivity index (χ4v) is 3.24. The predicted molar refractivity (Wildman–Crippen MR) is 87.1 cm³/mol. The first-order valence-electron chi connectivity index (χ1n) is 8.00. The molecule has 1 aromatic carbocycles. The number of likely N-dealkylation sites (tertiary alicyclic amines) is 1. The Balaban J connectivity index is 1.49. The highest BCUT2D eigenvalue weighted by Crippen LogP contribution is 2.31. The van der Waals surface area contributed by atoms with E-state index in [0.717, 1.165) is 36.8 Å². The molecule has 0 amide bonds. The number of imidazole rings is 1. The molecule has 3 heterocycles. The number of aromatic nitrogens is 5. The summed E-state index contributed by atoms with van der Waals surface area (Å²) in [4.78, 5) is 11.1. The van der Waals surface area contributed by atoms with Crippen molar-refractivity contribution >= 4 is 0 Å². The van der Waals surface area contributed by atoms with E-state index in [-0.39, 0.29) is 0 Å². The summed E-state index contributed by atoms with van der Waals surface area (Å²) >= 11 is 0. The quantitative estimate of drug-likeness (QED) is 0.805. The van der Waals surface area contributed by atoms with E-state index >= 15 is 0 Å². The second kappa shape index (κ2) is 5.96. The third kappa shape index (κ3) is 2.90. The molecule has 0 radical (unpaired) electrons. The first-order valence-corrected chi connectivity index (χ1v) is 8.00. The number of nitrogens with zero attached hydrogens (tertiary/aromatic N) is 5. The molecule has 0 spiro atoms. The van der Waals surface area contributed by atoms with Gasteiger partial charge in [0.25, 0.3) is 0 Å². The molecule has 6 heteroatoms. The van der Waals surface area contributed by atoms with Crippen molar-refractivity contribution in [2.45, 2.75) is 32.4 Å². The second-order valence-corrected chi connectivity index (χ2v) is 6.04. The summed E-state index contributed by atoms with van der Waals surface area (Å²) in [5.41, 5.74) is 2.45. The Morgan fingerprint density at radius 2 is 2.13 bits per heavy atom. The predicted octanol–water partition coefficient (Wildman–Crippen LogP) is 2.64. The summed E-state index contributed by atoms with van der Waals surface area (Å²) in [6, 6.07) is 8.98. The largest absolute Gasteiger partial charge is 0.306 e. The molecule has 1 aliphatic rings. The average Bonchev–Trinajstić information content (AvgIpc) is 3.29. The number of benzene rings is 1. The Bertz CT molecular complexity index is 759. The van der Waals surface area contributed by atoms with Crippen molar-refractivity contribution in [2.24, 2.45) is 0 Å². The number of H-pyrrole nitrogens is 1. The van der Waals surface area contributed by atoms with Gasteiger partial charge in [-0.1, -0.05) is 12.1 Å². The van der Waals surface area contributed by atoms with E-state index in [1.165, 1.54) is 12.0 Å². The van der Waals surface area contributed by atoms with Crippen molar-refractivity contribution in [3.8, 4) is 5.69 Å². The highest BCUT2D eigenvalue weighted by Gasteiger charge is 2.28. The van der Waals surface area contributed by atoms with Gasteiger partial charge in [0.1, 0.15) is 5.82 Å². The SMILES string of the molecule is Cc1nc(C2CCCN2Cc2ccc(-n3ccnc3)cc2)n[nH]1. The van der Waals surface area contributed by atoms with Gasteiger partial charge < -0.3 is 4.57 Å². The van der Waals surface area contributed by atoms with Crippen LogP contribution in [0.3, 0.4) is 0 Å². The van der Waals surface area contributed by atoms with Crippen LogP contribution >= 0.6 is 0 Å². The monoisotopic (exact) mass is 308 g/mol. The molecule has 2 aromatic heterocycles. The van der Waals surface area contributed by atoms with Gasteiger partial charge in [-0.2, -0.15) is 5.10 Å². The fourth-order valence-electron chi connectivity index (χ4n) is 3.24. The molecule has 1 saturated heterocycles. The van der Waals surface area contributed by atoms with E-state index in [9.17, 15) is 0 Å². The number of hydrogen-bond acceptors (Lipinski definition) is 4. The van der Waals surface area contributed by atoms with Gasteiger partial charge in [-0.3, -0.25) is 10.00 Å². The number of nitrogens with one attached hydrogen (secondary N) is 1. The Labute approximate surface area is 135 Å². The minimum absolute atomic E-state index is 0.327. The number of hydrogen-bond donors (Lipinski definition) is 1. The van der Waals surface area contributed by atoms with Crippen molar-refractivity contribution in [3.63, 3.8) is 0 Å². The third-order valence-corrected chi connectivity index (χ3v) is 4.40. The Hall–Kier alpha value is -2.47. The van der Waals surface area contributed by atoms with Crippen LogP contribution in [0.1, 0.15) is 36.1 Å². The highest BCUT2D eigenvalue weighted by atomic mass is 15.3. The van der Waals surface area contributed by atoms with Crippen molar-refractivity contribution in [1.29, 1.82) is 0 Å². The molecular formula is C17H20N6. The Kier molecular flexibility index (Phi) is 3.67. The lowest BCUT2D eigenvalue weighted by atomic mass is 10.1. The van der Waals surface area contributed by atoms with Gasteiger partial charge in [-0.25, -0.2) is 9.97 Å². The van der Waals surface area contributed by atoms with Crippen LogP contribution in [0.25, 0.3) is 5.69 Å². The normalized spacial score (nSPS) is 18.6. The van der Waals surface area contributed by atoms with E-state index in [0.29, 0.717) is 6.04 Å². The van der Waals surface area contributed by atoms with Crippen LogP contribution in [0, 0.1) is 6.92 Å². The minimum Gasteiger partial charge on any atom is -0.306 e. The number of rotatable bonds is 4. The van der Waals surface area contributed by atoms with Crippen LogP contribution in [-0.2, 0) is 6.54 Å². The smallest absolute Gasteiger partial charge is 0.167 e. The summed E-state index contributed by atoms with van der Waals surface area (Å²) < 4.78 is 2.01. The molecule has 1 unspecified atom stereocenters. The van der Waals surface area contributed by atoms with Crippen molar-refractivity contribution in [3.05, 3.63) is 60.2 Å². The summed E-state index contributed by atoms with van der Waals surface area (Å²) in [5, 5.41) is 7.31. The third-order valence-electron chi connectivity index (χ3n) is 4.40. The Morgan fingerprint density at radius 3 is 2.83 bits per heavy atom. The van der Waals surface area contributed by atoms with E-state index in [2.05, 4.69) is 49.3 Å². The van der Waals surface area contributed by atoms with Gasteiger partial charge in [0.05, 0.1) is 12.4 Å². The van der Waals surface area contributed by atoms with Gasteiger partial charge >= 0.3 is 0 Å². The molecule has 4 rings (SSSR count). The first-order chi connectivity index (χ1) is 11.3. The molecule has 0 saturated carbocycles. The average molecular weight is 308 g/mol. The topological polar surface area (TPSA) is 62.6 Å². The lowest BCUT2D eigenvalue weighted by Gasteiger charge is -2.22. The van der Waals surface area contributed by atoms with Crippen LogP contribution < -0.4 is 0 Å². The van der Waals surface area contributed by atoms with Gasteiger partial charge in [0, 0.05) is 24.6 Å². The molecule has 1 fully saturated rings. The van der Waals surface area contributed by atoms with Crippen molar-refractivity contribution < 1.29 is 0 Å². The fraction of sp³-hybridized carbons (Fsp3) is 0.353. The van der Waals surface area contributed by atoms with E-state index < -0.39 is 0 Å². The van der Waals surface area contributed by atoms with Crippen LogP contribution in [0.4, 0.5) is 0 Å². The Morgan fingerprint density at radius 1 is 1.26 bits per heavy atom. The molecule has 6 nitrogen and oxygen atoms in total. The van der Waals surface area contributed by atoms with Crippen LogP contribution in [0.2, 0.25) is 0 Å². The maximum Gasteiger partial charge on any atom is 0.167 e. The van der Waals surface area contributed by atoms with Gasteiger partial charge in [0.15, 0.2) is 5.82 Å². The molecular weight excluding hydrogens is 288 g/mol. The van der Waals surface area contributed by atoms with Crippen molar-refractivity contribution in [2.75, 3.05) is 6.54 Å². The molecule has 1 aliphatic heterocycles. The first kappa shape index (κ1) is 14.1. The zero-order valence-electron chi connectivity index (χ0n) is 13.2. The van der Waals surface area contributed by atoms with Gasteiger partial charge in [0.2, 0.25) is 0 Å². The number of aromatic amines is 1. The van der Waals surface area contributed by atoms with Crippen LogP contribution in [0.15, 0.2) is 43.0 Å². The maximum atomic E-state index is 4.51. The molecule has 1 N–H and O–H groups in total. The van der Waals surface area contributed by atoms with Gasteiger partial charge in [-0.05, 0) is 44.0 Å². The van der Waals surface area contributed by atoms with Crippen molar-refractivity contribution in [1.82, 2.24) is 29.6 Å². The molecule has 0 bridgehead atoms. The van der Waals surface area contributed by atoms with E-state index in [1.54, 1.807) is 6.20 Å². The number of aryl methyl sites for hydroxylation is 1. The highest BCUT2D eigenvalue weighted by molar-refractivity contribution is 5.34. The summed E-state index contributed by atoms with van der Waals surface area (Å²) in [5.74, 6) is 1.81. The minimum atomic E-state index is 0.327. The summed E-state index contributed by atoms with van der Waals surface area (Å²) in [6.07, 6.45) is 7.89. The molecule has 118 valence electrons. The zero-order valence-corrected chi connectivity index (χ0v) is 13.2. The zero-order chi connectivity index (χ0) is 15.6.